The quantitative estimate of drug-likeness (QED) is 0.877. The van der Waals surface area contributed by atoms with Crippen LogP contribution in [0.4, 0.5) is 8.78 Å². The number of likely N-dealkylation sites (tertiary alicyclic amines) is 1. The maximum Gasteiger partial charge on any atom is 0.387 e. The number of halogens is 2. The van der Waals surface area contributed by atoms with Crippen LogP contribution < -0.4 is 4.74 Å². The zero-order chi connectivity index (χ0) is 15.5. The molecular formula is C15H19F2NO3. The molecule has 0 aliphatic carbocycles. The minimum Gasteiger partial charge on any atom is -0.481 e. The normalized spacial score (nSPS) is 22.7. The van der Waals surface area contributed by atoms with E-state index in [1.165, 1.54) is 12.1 Å². The van der Waals surface area contributed by atoms with Gasteiger partial charge in [0.2, 0.25) is 0 Å². The summed E-state index contributed by atoms with van der Waals surface area (Å²) < 4.78 is 28.4. The Morgan fingerprint density at radius 2 is 2.10 bits per heavy atom. The summed E-state index contributed by atoms with van der Waals surface area (Å²) in [4.78, 5) is 13.5. The Hall–Kier alpha value is -1.69. The summed E-state index contributed by atoms with van der Waals surface area (Å²) in [5, 5.41) is 9.35. The van der Waals surface area contributed by atoms with Gasteiger partial charge >= 0.3 is 12.6 Å². The molecule has 0 saturated carbocycles. The van der Waals surface area contributed by atoms with Crippen LogP contribution in [-0.4, -0.2) is 35.7 Å². The van der Waals surface area contributed by atoms with Crippen molar-refractivity contribution in [2.45, 2.75) is 32.9 Å². The summed E-state index contributed by atoms with van der Waals surface area (Å²) in [6, 6.07) is 6.46. The van der Waals surface area contributed by atoms with Crippen molar-refractivity contribution in [3.05, 3.63) is 29.8 Å². The number of nitrogens with zero attached hydrogens (tertiary/aromatic N) is 1. The molecule has 0 spiro atoms. The molecule has 0 aromatic heterocycles. The highest BCUT2D eigenvalue weighted by Crippen LogP contribution is 2.34. The number of carboxylic acids is 1. The van der Waals surface area contributed by atoms with Crippen molar-refractivity contribution in [1.29, 1.82) is 0 Å². The van der Waals surface area contributed by atoms with Crippen molar-refractivity contribution in [3.8, 4) is 5.75 Å². The van der Waals surface area contributed by atoms with Crippen LogP contribution in [0.2, 0.25) is 0 Å². The van der Waals surface area contributed by atoms with Gasteiger partial charge in [-0.2, -0.15) is 8.78 Å². The predicted molar refractivity (Wildman–Crippen MR) is 73.3 cm³/mol. The summed E-state index contributed by atoms with van der Waals surface area (Å²) in [6.07, 6.45) is 1.26. The molecule has 2 rings (SSSR count). The van der Waals surface area contributed by atoms with Crippen molar-refractivity contribution >= 4 is 5.97 Å². The Morgan fingerprint density at radius 1 is 1.43 bits per heavy atom. The maximum absolute atomic E-state index is 12.1. The Balaban J connectivity index is 1.95. The molecule has 1 saturated heterocycles. The number of rotatable bonds is 6. The van der Waals surface area contributed by atoms with Crippen LogP contribution in [0.25, 0.3) is 0 Å². The van der Waals surface area contributed by atoms with Gasteiger partial charge in [-0.15, -0.1) is 0 Å². The Kier molecular flexibility index (Phi) is 4.77. The van der Waals surface area contributed by atoms with E-state index in [0.717, 1.165) is 12.1 Å². The summed E-state index contributed by atoms with van der Waals surface area (Å²) in [5.74, 6) is -0.614. The molecular weight excluding hydrogens is 280 g/mol. The van der Waals surface area contributed by atoms with Crippen LogP contribution in [-0.2, 0) is 11.3 Å². The first-order chi connectivity index (χ1) is 9.95. The van der Waals surface area contributed by atoms with Gasteiger partial charge in [0.1, 0.15) is 5.75 Å². The smallest absolute Gasteiger partial charge is 0.387 e. The second-order valence-corrected chi connectivity index (χ2v) is 5.42. The standard InChI is InChI=1S/C15H19F2NO3/c1-2-15(13(19)20)7-8-18(10-15)9-11-3-5-12(6-4-11)21-14(16)17/h3-6,14H,2,7-10H2,1H3,(H,19,20). The molecule has 1 fully saturated rings. The van der Waals surface area contributed by atoms with Crippen molar-refractivity contribution in [2.75, 3.05) is 13.1 Å². The number of aliphatic carboxylic acids is 1. The van der Waals surface area contributed by atoms with Crippen LogP contribution in [0.5, 0.6) is 5.75 Å². The molecule has 1 aliphatic rings. The van der Waals surface area contributed by atoms with Gasteiger partial charge < -0.3 is 9.84 Å². The van der Waals surface area contributed by atoms with Crippen molar-refractivity contribution in [1.82, 2.24) is 4.90 Å². The molecule has 1 heterocycles. The number of carboxylic acid groups (broad SMARTS) is 1. The molecule has 6 heteroatoms. The minimum absolute atomic E-state index is 0.128. The fraction of sp³-hybridized carbons (Fsp3) is 0.533. The lowest BCUT2D eigenvalue weighted by Gasteiger charge is -2.23. The number of alkyl halides is 2. The summed E-state index contributed by atoms with van der Waals surface area (Å²) >= 11 is 0. The van der Waals surface area contributed by atoms with E-state index in [4.69, 9.17) is 0 Å². The third-order valence-electron chi connectivity index (χ3n) is 4.12. The van der Waals surface area contributed by atoms with E-state index < -0.39 is 18.0 Å². The minimum atomic E-state index is -2.82. The van der Waals surface area contributed by atoms with Crippen molar-refractivity contribution in [3.63, 3.8) is 0 Å². The van der Waals surface area contributed by atoms with Gasteiger partial charge in [-0.3, -0.25) is 9.69 Å². The van der Waals surface area contributed by atoms with E-state index >= 15 is 0 Å². The van der Waals surface area contributed by atoms with Crippen LogP contribution >= 0.6 is 0 Å². The zero-order valence-corrected chi connectivity index (χ0v) is 11.9. The molecule has 1 aromatic rings. The molecule has 0 bridgehead atoms. The molecule has 1 atom stereocenters. The maximum atomic E-state index is 12.1. The third-order valence-corrected chi connectivity index (χ3v) is 4.12. The highest BCUT2D eigenvalue weighted by atomic mass is 19.3. The lowest BCUT2D eigenvalue weighted by atomic mass is 9.84. The SMILES string of the molecule is CCC1(C(=O)O)CCN(Cc2ccc(OC(F)F)cc2)C1. The Morgan fingerprint density at radius 3 is 2.57 bits per heavy atom. The molecule has 1 aromatic carbocycles. The van der Waals surface area contributed by atoms with Crippen LogP contribution in [0, 0.1) is 5.41 Å². The average molecular weight is 299 g/mol. The predicted octanol–water partition coefficient (Wildman–Crippen LogP) is 2.97. The second-order valence-electron chi connectivity index (χ2n) is 5.42. The summed E-state index contributed by atoms with van der Waals surface area (Å²) in [5.41, 5.74) is 0.299. The summed E-state index contributed by atoms with van der Waals surface area (Å²) in [6.45, 7) is 0.942. The third kappa shape index (κ3) is 3.69. The lowest BCUT2D eigenvalue weighted by molar-refractivity contribution is -0.148. The molecule has 116 valence electrons. The van der Waals surface area contributed by atoms with Crippen LogP contribution in [0.15, 0.2) is 24.3 Å². The topological polar surface area (TPSA) is 49.8 Å². The molecule has 0 radical (unpaired) electrons. The van der Waals surface area contributed by atoms with Crippen LogP contribution in [0.1, 0.15) is 25.3 Å². The number of ether oxygens (including phenoxy) is 1. The molecule has 21 heavy (non-hydrogen) atoms. The first kappa shape index (κ1) is 15.7. The fourth-order valence-corrected chi connectivity index (χ4v) is 2.74. The average Bonchev–Trinajstić information content (AvgIpc) is 2.85. The van der Waals surface area contributed by atoms with Crippen molar-refractivity contribution < 1.29 is 23.4 Å². The molecule has 1 N–H and O–H groups in total. The number of hydrogen-bond donors (Lipinski definition) is 1. The van der Waals surface area contributed by atoms with Gasteiger partial charge in [-0.25, -0.2) is 0 Å². The molecule has 0 amide bonds. The first-order valence-electron chi connectivity index (χ1n) is 6.95. The number of benzene rings is 1. The van der Waals surface area contributed by atoms with Crippen molar-refractivity contribution in [2.24, 2.45) is 5.41 Å². The monoisotopic (exact) mass is 299 g/mol. The lowest BCUT2D eigenvalue weighted by Crippen LogP contribution is -2.33. The molecule has 1 unspecified atom stereocenters. The Labute approximate surface area is 122 Å². The van der Waals surface area contributed by atoms with E-state index in [9.17, 15) is 18.7 Å². The highest BCUT2D eigenvalue weighted by Gasteiger charge is 2.42. The van der Waals surface area contributed by atoms with Gasteiger partial charge in [0.05, 0.1) is 5.41 Å². The molecule has 4 nitrogen and oxygen atoms in total. The number of hydrogen-bond acceptors (Lipinski definition) is 3. The molecule has 1 aliphatic heterocycles. The zero-order valence-electron chi connectivity index (χ0n) is 11.9. The van der Waals surface area contributed by atoms with E-state index in [1.54, 1.807) is 12.1 Å². The first-order valence-corrected chi connectivity index (χ1v) is 6.95. The second kappa shape index (κ2) is 6.39. The van der Waals surface area contributed by atoms with E-state index in [-0.39, 0.29) is 5.75 Å². The van der Waals surface area contributed by atoms with Gasteiger partial charge in [0.25, 0.3) is 0 Å². The number of carbonyl (C=O) groups is 1. The highest BCUT2D eigenvalue weighted by molar-refractivity contribution is 5.75. The van der Waals surface area contributed by atoms with Gasteiger partial charge in [-0.05, 0) is 37.1 Å². The van der Waals surface area contributed by atoms with Gasteiger partial charge in [-0.1, -0.05) is 19.1 Å². The Bertz CT molecular complexity index is 492. The van der Waals surface area contributed by atoms with Gasteiger partial charge in [0.15, 0.2) is 0 Å². The largest absolute Gasteiger partial charge is 0.481 e. The summed E-state index contributed by atoms with van der Waals surface area (Å²) in [7, 11) is 0. The van der Waals surface area contributed by atoms with Crippen LogP contribution in [0.3, 0.4) is 0 Å². The van der Waals surface area contributed by atoms with Gasteiger partial charge in [0, 0.05) is 13.1 Å². The van der Waals surface area contributed by atoms with E-state index in [2.05, 4.69) is 9.64 Å². The van der Waals surface area contributed by atoms with E-state index in [0.29, 0.717) is 25.9 Å². The van der Waals surface area contributed by atoms with E-state index in [1.807, 2.05) is 6.92 Å². The fourth-order valence-electron chi connectivity index (χ4n) is 2.74.